The number of azide groups is 1. The smallest absolute Gasteiger partial charge is 0.496 e. The van der Waals surface area contributed by atoms with Crippen molar-refractivity contribution in [2.45, 2.75) is 65.0 Å². The Morgan fingerprint density at radius 1 is 0.828 bits per heavy atom. The number of rotatable bonds is 21. The van der Waals surface area contributed by atoms with Gasteiger partial charge in [0.25, 0.3) is 5.91 Å². The molecule has 2 N–H and O–H groups in total. The van der Waals surface area contributed by atoms with Gasteiger partial charge < -0.3 is 61.4 Å². The summed E-state index contributed by atoms with van der Waals surface area (Å²) in [5.74, 6) is -5.83. The van der Waals surface area contributed by atoms with Crippen molar-refractivity contribution in [2.75, 3.05) is 47.1 Å². The lowest BCUT2D eigenvalue weighted by molar-refractivity contribution is -0.288. The van der Waals surface area contributed by atoms with Crippen molar-refractivity contribution < 1.29 is 88.5 Å². The topological polar surface area (TPSA) is 302 Å². The van der Waals surface area contributed by atoms with Crippen LogP contribution in [-0.2, 0) is 64.6 Å². The van der Waals surface area contributed by atoms with E-state index in [0.29, 0.717) is 0 Å². The van der Waals surface area contributed by atoms with Crippen LogP contribution in [0.15, 0.2) is 35.4 Å². The third kappa shape index (κ3) is 13.8. The zero-order valence-corrected chi connectivity index (χ0v) is 32.9. The lowest BCUT2D eigenvalue weighted by Gasteiger charge is -2.43. The van der Waals surface area contributed by atoms with Gasteiger partial charge >= 0.3 is 34.3 Å². The van der Waals surface area contributed by atoms with Crippen LogP contribution in [0.2, 0.25) is 0 Å². The Labute approximate surface area is 331 Å². The molecule has 23 nitrogen and oxygen atoms in total. The van der Waals surface area contributed by atoms with Gasteiger partial charge in [-0.1, -0.05) is 5.11 Å². The fourth-order valence-corrected chi connectivity index (χ4v) is 5.94. The van der Waals surface area contributed by atoms with Gasteiger partial charge in [0.15, 0.2) is 29.5 Å². The minimum Gasteiger partial charge on any atom is -0.496 e. The van der Waals surface area contributed by atoms with Gasteiger partial charge in [-0.3, -0.25) is 24.0 Å². The maximum absolute atomic E-state index is 13.5. The number of carbonyl (C=O) groups is 5. The Morgan fingerprint density at radius 3 is 2.02 bits per heavy atom. The van der Waals surface area contributed by atoms with Gasteiger partial charge in [-0.2, -0.15) is 0 Å². The van der Waals surface area contributed by atoms with E-state index >= 15 is 0 Å². The first-order valence-corrected chi connectivity index (χ1v) is 18.3. The molecular formula is C34H42N4O19S. The lowest BCUT2D eigenvalue weighted by atomic mass is 9.98. The summed E-state index contributed by atoms with van der Waals surface area (Å²) in [4.78, 5) is 64.3. The fraction of sp³-hybridized carbons (Fsp3) is 0.500. The van der Waals surface area contributed by atoms with E-state index in [9.17, 15) is 37.5 Å². The maximum atomic E-state index is 13.5. The number of benzene rings is 2. The zero-order chi connectivity index (χ0) is 43.0. The average molecular weight is 843 g/mol. The molecule has 2 aromatic rings. The van der Waals surface area contributed by atoms with Crippen molar-refractivity contribution >= 4 is 40.2 Å². The van der Waals surface area contributed by atoms with Crippen LogP contribution in [0.4, 0.5) is 0 Å². The van der Waals surface area contributed by atoms with E-state index in [1.54, 1.807) is 0 Å². The SMILES string of the molecule is COc1cc(OS(=O)(=O)Oc2cc(C(=O)NCCOCCN=[N+]=[N-])ccc2OC2O[C@H](COC(C)=O)[C@H](OC(C)=O)[C@H](OC(C)=O)[C@H]2OC(C)=O)cc(OC)c1CO. The Bertz CT molecular complexity index is 1930. The second kappa shape index (κ2) is 22.0. The summed E-state index contributed by atoms with van der Waals surface area (Å²) < 4.78 is 86.3. The van der Waals surface area contributed by atoms with E-state index in [4.69, 9.17) is 56.5 Å². The second-order valence-electron chi connectivity index (χ2n) is 11.7. The highest BCUT2D eigenvalue weighted by Gasteiger charge is 2.53. The van der Waals surface area contributed by atoms with E-state index in [1.165, 1.54) is 20.3 Å². The number of nitrogens with zero attached hydrogens (tertiary/aromatic N) is 3. The minimum absolute atomic E-state index is 0.000157. The van der Waals surface area contributed by atoms with Crippen molar-refractivity contribution in [3.63, 3.8) is 0 Å². The fourth-order valence-electron chi connectivity index (χ4n) is 5.22. The summed E-state index contributed by atoms with van der Waals surface area (Å²) in [5.41, 5.74) is 8.37. The molecule has 24 heteroatoms. The molecule has 0 saturated carbocycles. The van der Waals surface area contributed by atoms with Gasteiger partial charge in [0, 0.05) is 63.4 Å². The molecule has 58 heavy (non-hydrogen) atoms. The maximum Gasteiger partial charge on any atom is 0.501 e. The number of esters is 4. The van der Waals surface area contributed by atoms with Gasteiger partial charge in [0.2, 0.25) is 12.4 Å². The minimum atomic E-state index is -5.16. The number of aliphatic hydroxyl groups excluding tert-OH is 1. The van der Waals surface area contributed by atoms with Crippen LogP contribution in [0.1, 0.15) is 43.6 Å². The molecule has 1 aliphatic rings. The molecule has 2 aromatic carbocycles. The van der Waals surface area contributed by atoms with Crippen LogP contribution >= 0.6 is 0 Å². The molecule has 1 unspecified atom stereocenters. The summed E-state index contributed by atoms with van der Waals surface area (Å²) in [6.45, 7) is 3.14. The lowest BCUT2D eigenvalue weighted by Crippen LogP contribution is -2.63. The number of hydrogen-bond acceptors (Lipinski definition) is 20. The van der Waals surface area contributed by atoms with E-state index in [-0.39, 0.29) is 54.7 Å². The number of hydrogen-bond donors (Lipinski definition) is 2. The third-order valence-corrected chi connectivity index (χ3v) is 8.24. The van der Waals surface area contributed by atoms with Crippen LogP contribution in [0.5, 0.6) is 28.7 Å². The van der Waals surface area contributed by atoms with Gasteiger partial charge in [-0.15, -0.1) is 8.42 Å². The quantitative estimate of drug-likeness (QED) is 0.0448. The Morgan fingerprint density at radius 2 is 1.45 bits per heavy atom. The monoisotopic (exact) mass is 842 g/mol. The zero-order valence-electron chi connectivity index (χ0n) is 32.1. The largest absolute Gasteiger partial charge is 0.501 e. The molecule has 0 aliphatic carbocycles. The van der Waals surface area contributed by atoms with E-state index in [1.807, 2.05) is 0 Å². The van der Waals surface area contributed by atoms with Crippen LogP contribution in [0.3, 0.4) is 0 Å². The highest BCUT2D eigenvalue weighted by molar-refractivity contribution is 7.82. The highest BCUT2D eigenvalue weighted by Crippen LogP contribution is 2.38. The molecular weight excluding hydrogens is 800 g/mol. The summed E-state index contributed by atoms with van der Waals surface area (Å²) in [5, 5.41) is 15.6. The van der Waals surface area contributed by atoms with Crippen molar-refractivity contribution in [1.29, 1.82) is 0 Å². The number of nitrogens with one attached hydrogen (secondary N) is 1. The van der Waals surface area contributed by atoms with Crippen LogP contribution in [-0.4, -0.2) is 121 Å². The predicted octanol–water partition coefficient (Wildman–Crippen LogP) is 1.42. The van der Waals surface area contributed by atoms with E-state index in [0.717, 1.165) is 52.0 Å². The van der Waals surface area contributed by atoms with E-state index < -0.39 is 95.6 Å². The van der Waals surface area contributed by atoms with Gasteiger partial charge in [-0.05, 0) is 23.7 Å². The summed E-state index contributed by atoms with van der Waals surface area (Å²) in [6.07, 6.45) is -8.18. The molecule has 1 fully saturated rings. The Hall–Kier alpha value is -6.07. The number of carbonyl (C=O) groups excluding carboxylic acids is 5. The van der Waals surface area contributed by atoms with Crippen molar-refractivity contribution in [2.24, 2.45) is 5.11 Å². The molecule has 318 valence electrons. The van der Waals surface area contributed by atoms with Crippen LogP contribution in [0, 0.1) is 0 Å². The first-order chi connectivity index (χ1) is 27.5. The number of aliphatic hydroxyl groups is 1. The van der Waals surface area contributed by atoms with Crippen LogP contribution < -0.4 is 27.9 Å². The van der Waals surface area contributed by atoms with Crippen molar-refractivity contribution in [3.8, 4) is 28.7 Å². The van der Waals surface area contributed by atoms with Crippen LogP contribution in [0.25, 0.3) is 10.4 Å². The molecule has 1 heterocycles. The first kappa shape index (κ1) is 46.3. The van der Waals surface area contributed by atoms with Crippen molar-refractivity contribution in [3.05, 3.63) is 51.9 Å². The van der Waals surface area contributed by atoms with E-state index in [2.05, 4.69) is 15.3 Å². The Kier molecular flexibility index (Phi) is 17.6. The highest BCUT2D eigenvalue weighted by atomic mass is 32.3. The summed E-state index contributed by atoms with van der Waals surface area (Å²) in [7, 11) is -2.64. The molecule has 0 aromatic heterocycles. The van der Waals surface area contributed by atoms with Gasteiger partial charge in [0.1, 0.15) is 24.2 Å². The van der Waals surface area contributed by atoms with Gasteiger partial charge in [0.05, 0.1) is 39.6 Å². The number of methoxy groups -OCH3 is 2. The molecule has 0 bridgehead atoms. The molecule has 0 spiro atoms. The normalized spacial score (nSPS) is 18.6. The number of amides is 1. The molecule has 0 radical (unpaired) electrons. The summed E-state index contributed by atoms with van der Waals surface area (Å²) in [6, 6.07) is 5.49. The van der Waals surface area contributed by atoms with Crippen molar-refractivity contribution in [1.82, 2.24) is 5.32 Å². The average Bonchev–Trinajstić information content (AvgIpc) is 3.15. The molecule has 1 amide bonds. The summed E-state index contributed by atoms with van der Waals surface area (Å²) >= 11 is 0. The molecule has 1 saturated heterocycles. The number of ether oxygens (including phenoxy) is 9. The third-order valence-electron chi connectivity index (χ3n) is 7.46. The molecule has 1 aliphatic heterocycles. The molecule has 3 rings (SSSR count). The Balaban J connectivity index is 2.09. The standard InChI is InChI=1S/C34H42N4O19S/c1-18(40)50-17-29-30(51-19(2)41)31(52-20(3)42)32(53-21(4)43)34(55-29)54-25-8-7-22(33(44)36-9-11-49-12-10-37-38-35)13-28(25)57-58(45,46)56-23-14-26(47-5)24(16-39)27(15-23)48-6/h7-8,13-15,29-32,34,39H,9-12,16-17H2,1-6H3,(H,36,44)/t29-,30+,31+,32-,34?/m1/s1. The predicted molar refractivity (Wildman–Crippen MR) is 192 cm³/mol. The first-order valence-electron chi connectivity index (χ1n) is 17.0. The van der Waals surface area contributed by atoms with Gasteiger partial charge in [-0.25, -0.2) is 0 Å². The second-order valence-corrected chi connectivity index (χ2v) is 12.9. The molecule has 5 atom stereocenters.